The molecule has 0 aliphatic heterocycles. The molecule has 0 atom stereocenters. The van der Waals surface area contributed by atoms with Crippen molar-refractivity contribution < 1.29 is 38.8 Å². The number of ether oxygens (including phenoxy) is 3. The number of hydrogen-bond donors (Lipinski definition) is 4. The number of esters is 1. The second-order valence-corrected chi connectivity index (χ2v) is 6.84. The Morgan fingerprint density at radius 1 is 0.853 bits per heavy atom. The van der Waals surface area contributed by atoms with E-state index in [0.29, 0.717) is 17.1 Å². The number of benzene rings is 2. The molecule has 0 unspecified atom stereocenters. The van der Waals surface area contributed by atoms with Crippen molar-refractivity contribution in [2.24, 2.45) is 0 Å². The Labute approximate surface area is 192 Å². The van der Waals surface area contributed by atoms with Crippen LogP contribution >= 0.6 is 0 Å². The van der Waals surface area contributed by atoms with Gasteiger partial charge in [0.15, 0.2) is 0 Å². The molecule has 0 fully saturated rings. The Bertz CT molecular complexity index is 1280. The number of carboxylic acids is 2. The standard InChI is InChI=1S/C23H20N2O9/c1-32-23(31)13-4-8-15(9-5-13)34-11-10-33-14-6-2-12(3-7-14)16-17(21(27)28)19(24)25-20(26)18(16)22(29)30/h2-9H,10-11H2,1H3,(H,27,28)(H,29,30)(H3,24,25,26). The SMILES string of the molecule is COC(=O)c1ccc(OCCOc2ccc(-c3c(C(=O)O)c(N)[nH]c(=O)c3C(=O)O)cc2)cc1. The largest absolute Gasteiger partial charge is 0.490 e. The number of hydrogen-bond acceptors (Lipinski definition) is 8. The number of methoxy groups -OCH3 is 1. The van der Waals surface area contributed by atoms with Gasteiger partial charge in [0.1, 0.15) is 41.7 Å². The molecule has 0 amide bonds. The number of carboxylic acid groups (broad SMARTS) is 2. The van der Waals surface area contributed by atoms with E-state index in [1.54, 1.807) is 24.3 Å². The number of nitrogens with one attached hydrogen (secondary N) is 1. The first-order chi connectivity index (χ1) is 16.2. The van der Waals surface area contributed by atoms with E-state index in [-0.39, 0.29) is 24.3 Å². The summed E-state index contributed by atoms with van der Waals surface area (Å²) in [4.78, 5) is 48.9. The summed E-state index contributed by atoms with van der Waals surface area (Å²) in [5, 5.41) is 18.9. The first-order valence-corrected chi connectivity index (χ1v) is 9.79. The minimum absolute atomic E-state index is 0.163. The van der Waals surface area contributed by atoms with Gasteiger partial charge in [0, 0.05) is 5.56 Å². The molecular formula is C23H20N2O9. The molecular weight excluding hydrogens is 448 g/mol. The number of carbonyl (C=O) groups excluding carboxylic acids is 1. The molecule has 2 aromatic carbocycles. The molecule has 0 aliphatic carbocycles. The number of aromatic carboxylic acids is 2. The molecule has 11 nitrogen and oxygen atoms in total. The Kier molecular flexibility index (Phi) is 7.16. The summed E-state index contributed by atoms with van der Waals surface area (Å²) in [5.41, 5.74) is 3.63. The second kappa shape index (κ2) is 10.2. The van der Waals surface area contributed by atoms with Gasteiger partial charge in [-0.3, -0.25) is 4.79 Å². The average molecular weight is 468 g/mol. The van der Waals surface area contributed by atoms with Crippen LogP contribution < -0.4 is 20.8 Å². The molecule has 0 aliphatic rings. The normalized spacial score (nSPS) is 10.4. The number of aromatic amines is 1. The van der Waals surface area contributed by atoms with Crippen LogP contribution in [0.3, 0.4) is 0 Å². The first-order valence-electron chi connectivity index (χ1n) is 9.79. The third-order valence-electron chi connectivity index (χ3n) is 4.71. The van der Waals surface area contributed by atoms with Crippen molar-refractivity contribution in [3.63, 3.8) is 0 Å². The van der Waals surface area contributed by atoms with Crippen molar-refractivity contribution in [2.75, 3.05) is 26.1 Å². The lowest BCUT2D eigenvalue weighted by Gasteiger charge is -2.13. The summed E-state index contributed by atoms with van der Waals surface area (Å²) < 4.78 is 15.7. The lowest BCUT2D eigenvalue weighted by molar-refractivity contribution is 0.0598. The molecule has 5 N–H and O–H groups in total. The number of nitrogen functional groups attached to an aromatic ring is 1. The predicted octanol–water partition coefficient (Wildman–Crippen LogP) is 2.26. The number of carbonyl (C=O) groups is 3. The summed E-state index contributed by atoms with van der Waals surface area (Å²) in [6, 6.07) is 12.2. The number of rotatable bonds is 9. The van der Waals surface area contributed by atoms with Gasteiger partial charge in [-0.25, -0.2) is 14.4 Å². The van der Waals surface area contributed by atoms with Gasteiger partial charge in [-0.1, -0.05) is 12.1 Å². The zero-order valence-corrected chi connectivity index (χ0v) is 17.9. The molecule has 176 valence electrons. The molecule has 3 rings (SSSR count). The highest BCUT2D eigenvalue weighted by atomic mass is 16.5. The van der Waals surface area contributed by atoms with Gasteiger partial charge in [-0.2, -0.15) is 0 Å². The summed E-state index contributed by atoms with van der Waals surface area (Å²) in [6.45, 7) is 0.354. The van der Waals surface area contributed by atoms with Crippen molar-refractivity contribution in [3.05, 3.63) is 75.6 Å². The summed E-state index contributed by atoms with van der Waals surface area (Å²) in [6.07, 6.45) is 0. The number of nitrogens with two attached hydrogens (primary N) is 1. The predicted molar refractivity (Wildman–Crippen MR) is 120 cm³/mol. The van der Waals surface area contributed by atoms with Crippen LogP contribution in [0.1, 0.15) is 31.1 Å². The van der Waals surface area contributed by atoms with E-state index >= 15 is 0 Å². The lowest BCUT2D eigenvalue weighted by Crippen LogP contribution is -2.24. The molecule has 0 bridgehead atoms. The van der Waals surface area contributed by atoms with Crippen LogP contribution in [-0.2, 0) is 4.74 Å². The van der Waals surface area contributed by atoms with Gasteiger partial charge in [-0.05, 0) is 42.0 Å². The number of anilines is 1. The fraction of sp³-hybridized carbons (Fsp3) is 0.130. The molecule has 0 saturated carbocycles. The van der Waals surface area contributed by atoms with E-state index in [2.05, 4.69) is 4.74 Å². The highest BCUT2D eigenvalue weighted by Gasteiger charge is 2.26. The zero-order chi connectivity index (χ0) is 24.8. The summed E-state index contributed by atoms with van der Waals surface area (Å²) >= 11 is 0. The molecule has 34 heavy (non-hydrogen) atoms. The molecule has 11 heteroatoms. The van der Waals surface area contributed by atoms with Crippen LogP contribution in [0.15, 0.2) is 53.3 Å². The van der Waals surface area contributed by atoms with Crippen molar-refractivity contribution in [3.8, 4) is 22.6 Å². The Morgan fingerprint density at radius 3 is 1.82 bits per heavy atom. The summed E-state index contributed by atoms with van der Waals surface area (Å²) in [5.74, 6) is -3.04. The second-order valence-electron chi connectivity index (χ2n) is 6.84. The van der Waals surface area contributed by atoms with Gasteiger partial charge in [0.2, 0.25) is 0 Å². The topological polar surface area (TPSA) is 178 Å². The molecule has 0 saturated heterocycles. The van der Waals surface area contributed by atoms with Gasteiger partial charge in [-0.15, -0.1) is 0 Å². The van der Waals surface area contributed by atoms with Crippen molar-refractivity contribution in [1.29, 1.82) is 0 Å². The molecule has 3 aromatic rings. The van der Waals surface area contributed by atoms with Gasteiger partial charge >= 0.3 is 17.9 Å². The first kappa shape index (κ1) is 23.9. The van der Waals surface area contributed by atoms with E-state index in [1.807, 2.05) is 4.98 Å². The highest BCUT2D eigenvalue weighted by molar-refractivity contribution is 6.07. The van der Waals surface area contributed by atoms with Gasteiger partial charge < -0.3 is 35.1 Å². The van der Waals surface area contributed by atoms with Crippen LogP contribution in [0.2, 0.25) is 0 Å². The van der Waals surface area contributed by atoms with E-state index in [4.69, 9.17) is 15.2 Å². The zero-order valence-electron chi connectivity index (χ0n) is 17.9. The number of H-pyrrole nitrogens is 1. The Morgan fingerprint density at radius 2 is 1.35 bits per heavy atom. The third-order valence-corrected chi connectivity index (χ3v) is 4.71. The Hall–Kier alpha value is -4.80. The Balaban J connectivity index is 1.70. The van der Waals surface area contributed by atoms with E-state index < -0.39 is 40.4 Å². The number of pyridine rings is 1. The maximum absolute atomic E-state index is 12.1. The van der Waals surface area contributed by atoms with Crippen LogP contribution in [0, 0.1) is 0 Å². The molecule has 1 heterocycles. The van der Waals surface area contributed by atoms with Gasteiger partial charge in [0.05, 0.1) is 12.7 Å². The maximum Gasteiger partial charge on any atom is 0.342 e. The quantitative estimate of drug-likeness (QED) is 0.269. The minimum atomic E-state index is -1.59. The third kappa shape index (κ3) is 5.15. The van der Waals surface area contributed by atoms with Gasteiger partial charge in [0.25, 0.3) is 5.56 Å². The van der Waals surface area contributed by atoms with E-state index in [0.717, 1.165) is 0 Å². The minimum Gasteiger partial charge on any atom is -0.490 e. The molecule has 0 spiro atoms. The monoisotopic (exact) mass is 468 g/mol. The molecule has 1 aromatic heterocycles. The van der Waals surface area contributed by atoms with Crippen LogP contribution in [0.25, 0.3) is 11.1 Å². The van der Waals surface area contributed by atoms with Crippen LogP contribution in [-0.4, -0.2) is 53.4 Å². The maximum atomic E-state index is 12.1. The lowest BCUT2D eigenvalue weighted by atomic mass is 9.95. The van der Waals surface area contributed by atoms with Crippen molar-refractivity contribution in [2.45, 2.75) is 0 Å². The van der Waals surface area contributed by atoms with E-state index in [9.17, 15) is 29.4 Å². The fourth-order valence-corrected chi connectivity index (χ4v) is 3.18. The van der Waals surface area contributed by atoms with Crippen molar-refractivity contribution in [1.82, 2.24) is 4.98 Å². The van der Waals surface area contributed by atoms with E-state index in [1.165, 1.54) is 31.4 Å². The number of aromatic nitrogens is 1. The van der Waals surface area contributed by atoms with Crippen molar-refractivity contribution >= 4 is 23.7 Å². The molecule has 0 radical (unpaired) electrons. The average Bonchev–Trinajstić information content (AvgIpc) is 2.81. The summed E-state index contributed by atoms with van der Waals surface area (Å²) in [7, 11) is 1.29. The van der Waals surface area contributed by atoms with Crippen LogP contribution in [0.5, 0.6) is 11.5 Å². The highest BCUT2D eigenvalue weighted by Crippen LogP contribution is 2.30. The smallest absolute Gasteiger partial charge is 0.342 e. The van der Waals surface area contributed by atoms with Crippen LogP contribution in [0.4, 0.5) is 5.82 Å². The fourth-order valence-electron chi connectivity index (χ4n) is 3.18.